The molecule has 0 bridgehead atoms. The fourth-order valence-electron chi connectivity index (χ4n) is 2.65. The summed E-state index contributed by atoms with van der Waals surface area (Å²) in [5.41, 5.74) is 8.38. The Hall–Kier alpha value is -2.00. The van der Waals surface area contributed by atoms with Crippen LogP contribution in [0.4, 0.5) is 0 Å². The van der Waals surface area contributed by atoms with E-state index in [-0.39, 0.29) is 0 Å². The summed E-state index contributed by atoms with van der Waals surface area (Å²) < 4.78 is 10.8. The van der Waals surface area contributed by atoms with Gasteiger partial charge in [-0.2, -0.15) is 0 Å². The van der Waals surface area contributed by atoms with E-state index in [1.165, 1.54) is 11.1 Å². The van der Waals surface area contributed by atoms with Crippen LogP contribution in [0.3, 0.4) is 0 Å². The Labute approximate surface area is 119 Å². The third-order valence-corrected chi connectivity index (χ3v) is 3.71. The Morgan fingerprint density at radius 3 is 2.60 bits per heavy atom. The molecule has 0 fully saturated rings. The van der Waals surface area contributed by atoms with E-state index >= 15 is 0 Å². The van der Waals surface area contributed by atoms with Crippen molar-refractivity contribution in [3.8, 4) is 11.5 Å². The van der Waals surface area contributed by atoms with Gasteiger partial charge in [0.15, 0.2) is 11.5 Å². The van der Waals surface area contributed by atoms with Gasteiger partial charge in [-0.05, 0) is 48.6 Å². The van der Waals surface area contributed by atoms with Gasteiger partial charge in [-0.15, -0.1) is 0 Å². The third kappa shape index (κ3) is 2.78. The average Bonchev–Trinajstić information content (AvgIpc) is 2.95. The molecule has 0 aromatic heterocycles. The van der Waals surface area contributed by atoms with Gasteiger partial charge in [-0.25, -0.2) is 0 Å². The van der Waals surface area contributed by atoms with E-state index < -0.39 is 0 Å². The van der Waals surface area contributed by atoms with Gasteiger partial charge in [0.1, 0.15) is 0 Å². The Bertz CT molecular complexity index is 568. The minimum absolute atomic E-state index is 0.318. The van der Waals surface area contributed by atoms with E-state index in [1.807, 2.05) is 12.1 Å². The van der Waals surface area contributed by atoms with Crippen molar-refractivity contribution in [1.82, 2.24) is 0 Å². The highest BCUT2D eigenvalue weighted by Crippen LogP contribution is 2.36. The van der Waals surface area contributed by atoms with Crippen molar-refractivity contribution < 1.29 is 9.47 Å². The molecule has 3 heteroatoms. The first-order valence-corrected chi connectivity index (χ1v) is 7.00. The third-order valence-electron chi connectivity index (χ3n) is 3.71. The van der Waals surface area contributed by atoms with Crippen molar-refractivity contribution in [2.24, 2.45) is 5.73 Å². The van der Waals surface area contributed by atoms with E-state index in [0.29, 0.717) is 19.3 Å². The zero-order valence-electron chi connectivity index (χ0n) is 11.4. The van der Waals surface area contributed by atoms with Gasteiger partial charge in [0.2, 0.25) is 6.79 Å². The van der Waals surface area contributed by atoms with Gasteiger partial charge >= 0.3 is 0 Å². The summed E-state index contributed by atoms with van der Waals surface area (Å²) in [6.45, 7) is 1.00. The zero-order chi connectivity index (χ0) is 13.8. The predicted octanol–water partition coefficient (Wildman–Crippen LogP) is 3.09. The highest BCUT2D eigenvalue weighted by Gasteiger charge is 2.18. The number of benzene rings is 2. The maximum absolute atomic E-state index is 5.78. The van der Waals surface area contributed by atoms with Crippen LogP contribution in [-0.2, 0) is 6.42 Å². The maximum Gasteiger partial charge on any atom is 0.231 e. The second-order valence-electron chi connectivity index (χ2n) is 5.08. The lowest BCUT2D eigenvalue weighted by atomic mass is 9.89. The van der Waals surface area contributed by atoms with Gasteiger partial charge < -0.3 is 15.2 Å². The second-order valence-corrected chi connectivity index (χ2v) is 5.08. The van der Waals surface area contributed by atoms with Crippen molar-refractivity contribution in [2.45, 2.75) is 18.8 Å². The first-order chi connectivity index (χ1) is 9.86. The molecule has 0 unspecified atom stereocenters. The molecule has 0 radical (unpaired) electrons. The summed E-state index contributed by atoms with van der Waals surface area (Å²) in [4.78, 5) is 0. The monoisotopic (exact) mass is 269 g/mol. The zero-order valence-corrected chi connectivity index (χ0v) is 11.4. The summed E-state index contributed by atoms with van der Waals surface area (Å²) in [5.74, 6) is 2.09. The maximum atomic E-state index is 5.78. The van der Waals surface area contributed by atoms with Gasteiger partial charge in [0.05, 0.1) is 0 Å². The SMILES string of the molecule is NCC[C@@H](Cc1ccccc1)c1ccc2c(c1)OCO2. The first kappa shape index (κ1) is 13.0. The standard InChI is InChI=1S/C17H19NO2/c18-9-8-15(10-13-4-2-1-3-5-13)14-6-7-16-17(11-14)20-12-19-16/h1-7,11,15H,8-10,12,18H2/t15-/m0/s1. The van der Waals surface area contributed by atoms with Gasteiger partial charge in [-0.3, -0.25) is 0 Å². The van der Waals surface area contributed by atoms with Crippen LogP contribution >= 0.6 is 0 Å². The van der Waals surface area contributed by atoms with Crippen LogP contribution in [0.25, 0.3) is 0 Å². The first-order valence-electron chi connectivity index (χ1n) is 7.00. The number of ether oxygens (including phenoxy) is 2. The lowest BCUT2D eigenvalue weighted by Gasteiger charge is -2.17. The molecule has 2 aromatic carbocycles. The Morgan fingerprint density at radius 1 is 1.00 bits per heavy atom. The van der Waals surface area contributed by atoms with Crippen LogP contribution in [0, 0.1) is 0 Å². The topological polar surface area (TPSA) is 44.5 Å². The van der Waals surface area contributed by atoms with Crippen molar-refractivity contribution in [2.75, 3.05) is 13.3 Å². The van der Waals surface area contributed by atoms with E-state index in [4.69, 9.17) is 15.2 Å². The van der Waals surface area contributed by atoms with E-state index in [2.05, 4.69) is 36.4 Å². The Morgan fingerprint density at radius 2 is 1.80 bits per heavy atom. The summed E-state index contributed by atoms with van der Waals surface area (Å²) in [6.07, 6.45) is 1.96. The molecule has 1 atom stereocenters. The number of fused-ring (bicyclic) bond motifs is 1. The molecule has 0 aliphatic carbocycles. The molecular weight excluding hydrogens is 250 g/mol. The molecular formula is C17H19NO2. The molecule has 1 aliphatic rings. The van der Waals surface area contributed by atoms with Gasteiger partial charge in [0, 0.05) is 0 Å². The van der Waals surface area contributed by atoms with Crippen molar-refractivity contribution in [3.05, 3.63) is 59.7 Å². The molecule has 104 valence electrons. The highest BCUT2D eigenvalue weighted by molar-refractivity contribution is 5.45. The number of rotatable bonds is 5. The lowest BCUT2D eigenvalue weighted by molar-refractivity contribution is 0.174. The lowest BCUT2D eigenvalue weighted by Crippen LogP contribution is -2.10. The van der Waals surface area contributed by atoms with Crippen molar-refractivity contribution in [1.29, 1.82) is 0 Å². The molecule has 1 heterocycles. The quantitative estimate of drug-likeness (QED) is 0.907. The molecule has 0 amide bonds. The van der Waals surface area contributed by atoms with Crippen LogP contribution in [-0.4, -0.2) is 13.3 Å². The Balaban J connectivity index is 1.83. The van der Waals surface area contributed by atoms with Gasteiger partial charge in [-0.1, -0.05) is 36.4 Å². The normalized spacial score (nSPS) is 14.2. The largest absolute Gasteiger partial charge is 0.454 e. The van der Waals surface area contributed by atoms with Crippen LogP contribution in [0.15, 0.2) is 48.5 Å². The predicted molar refractivity (Wildman–Crippen MR) is 79.1 cm³/mol. The van der Waals surface area contributed by atoms with Crippen LogP contribution in [0.5, 0.6) is 11.5 Å². The van der Waals surface area contributed by atoms with Gasteiger partial charge in [0.25, 0.3) is 0 Å². The molecule has 0 spiro atoms. The summed E-state index contributed by atoms with van der Waals surface area (Å²) >= 11 is 0. The number of hydrogen-bond donors (Lipinski definition) is 1. The minimum Gasteiger partial charge on any atom is -0.454 e. The highest BCUT2D eigenvalue weighted by atomic mass is 16.7. The number of hydrogen-bond acceptors (Lipinski definition) is 3. The molecule has 1 aliphatic heterocycles. The smallest absolute Gasteiger partial charge is 0.231 e. The molecule has 20 heavy (non-hydrogen) atoms. The average molecular weight is 269 g/mol. The second kappa shape index (κ2) is 5.97. The molecule has 3 nitrogen and oxygen atoms in total. The van der Waals surface area contributed by atoms with Crippen LogP contribution < -0.4 is 15.2 Å². The summed E-state index contributed by atoms with van der Waals surface area (Å²) in [6, 6.07) is 16.7. The fraction of sp³-hybridized carbons (Fsp3) is 0.294. The summed E-state index contributed by atoms with van der Waals surface area (Å²) in [7, 11) is 0. The molecule has 3 rings (SSSR count). The van der Waals surface area contributed by atoms with E-state index in [9.17, 15) is 0 Å². The molecule has 0 saturated heterocycles. The fourth-order valence-corrected chi connectivity index (χ4v) is 2.65. The number of nitrogens with two attached hydrogens (primary N) is 1. The molecule has 0 saturated carbocycles. The molecule has 2 N–H and O–H groups in total. The summed E-state index contributed by atoms with van der Waals surface area (Å²) in [5, 5.41) is 0. The van der Waals surface area contributed by atoms with Crippen molar-refractivity contribution >= 4 is 0 Å². The van der Waals surface area contributed by atoms with E-state index in [1.54, 1.807) is 0 Å². The minimum atomic E-state index is 0.318. The Kier molecular flexibility index (Phi) is 3.88. The van der Waals surface area contributed by atoms with Crippen LogP contribution in [0.1, 0.15) is 23.5 Å². The van der Waals surface area contributed by atoms with E-state index in [0.717, 1.165) is 24.3 Å². The molecule has 2 aromatic rings. The van der Waals surface area contributed by atoms with Crippen molar-refractivity contribution in [3.63, 3.8) is 0 Å². The van der Waals surface area contributed by atoms with Crippen LogP contribution in [0.2, 0.25) is 0 Å².